The molecule has 0 radical (unpaired) electrons. The largest absolute Gasteiger partial charge is 0.373 e. The zero-order valence-corrected chi connectivity index (χ0v) is 12.1. The van der Waals surface area contributed by atoms with Crippen LogP contribution in [-0.4, -0.2) is 40.6 Å². The third-order valence-corrected chi connectivity index (χ3v) is 3.88. The van der Waals surface area contributed by atoms with Crippen molar-refractivity contribution < 1.29 is 4.74 Å². The molecule has 0 N–H and O–H groups in total. The van der Waals surface area contributed by atoms with Gasteiger partial charge in [-0.3, -0.25) is 0 Å². The van der Waals surface area contributed by atoms with Crippen LogP contribution >= 0.6 is 31.9 Å². The minimum Gasteiger partial charge on any atom is -0.373 e. The van der Waals surface area contributed by atoms with E-state index in [1.807, 2.05) is 0 Å². The van der Waals surface area contributed by atoms with Crippen LogP contribution < -0.4 is 4.90 Å². The summed E-state index contributed by atoms with van der Waals surface area (Å²) in [5, 5.41) is 0.846. The van der Waals surface area contributed by atoms with E-state index in [4.69, 9.17) is 4.74 Å². The summed E-state index contributed by atoms with van der Waals surface area (Å²) in [6, 6.07) is 0.335. The number of hydrogen-bond donors (Lipinski definition) is 0. The Bertz CT molecular complexity index is 364. The van der Waals surface area contributed by atoms with Gasteiger partial charge in [-0.2, -0.15) is 0 Å². The van der Waals surface area contributed by atoms with Gasteiger partial charge in [0.1, 0.15) is 12.1 Å². The Kier molecular flexibility index (Phi) is 4.16. The van der Waals surface area contributed by atoms with Crippen molar-refractivity contribution in [3.63, 3.8) is 0 Å². The standard InChI is InChI=1S/C10H13Br2N3O/c1-7-5-16-8(2-11)4-15(7)10-9(12)3-13-6-14-10/h3,6-8H,2,4-5H2,1H3. The number of nitrogens with zero attached hydrogens (tertiary/aromatic N) is 3. The molecule has 0 aliphatic carbocycles. The summed E-state index contributed by atoms with van der Waals surface area (Å²) in [5.41, 5.74) is 0. The summed E-state index contributed by atoms with van der Waals surface area (Å²) in [6.45, 7) is 3.72. The minimum atomic E-state index is 0.220. The topological polar surface area (TPSA) is 38.2 Å². The molecule has 2 atom stereocenters. The Morgan fingerprint density at radius 1 is 1.62 bits per heavy atom. The number of alkyl halides is 1. The second-order valence-corrected chi connectivity index (χ2v) is 5.31. The highest BCUT2D eigenvalue weighted by Gasteiger charge is 2.27. The van der Waals surface area contributed by atoms with Crippen molar-refractivity contribution in [2.24, 2.45) is 0 Å². The van der Waals surface area contributed by atoms with E-state index < -0.39 is 0 Å². The molecule has 0 spiro atoms. The quantitative estimate of drug-likeness (QED) is 0.766. The predicted molar refractivity (Wildman–Crippen MR) is 70.1 cm³/mol. The van der Waals surface area contributed by atoms with Gasteiger partial charge >= 0.3 is 0 Å². The molecule has 0 amide bonds. The first-order valence-corrected chi connectivity index (χ1v) is 7.03. The maximum atomic E-state index is 5.68. The van der Waals surface area contributed by atoms with Crippen molar-refractivity contribution >= 4 is 37.7 Å². The average molecular weight is 351 g/mol. The van der Waals surface area contributed by atoms with Gasteiger partial charge in [-0.1, -0.05) is 15.9 Å². The molecule has 1 aliphatic rings. The van der Waals surface area contributed by atoms with Crippen LogP contribution in [0.4, 0.5) is 5.82 Å². The van der Waals surface area contributed by atoms with Gasteiger partial charge in [0.25, 0.3) is 0 Å². The number of ether oxygens (including phenoxy) is 1. The van der Waals surface area contributed by atoms with Crippen LogP contribution in [0, 0.1) is 0 Å². The van der Waals surface area contributed by atoms with Crippen LogP contribution in [0.15, 0.2) is 17.0 Å². The fourth-order valence-corrected chi connectivity index (χ4v) is 2.56. The number of anilines is 1. The molecule has 6 heteroatoms. The van der Waals surface area contributed by atoms with E-state index in [2.05, 4.69) is 53.7 Å². The molecule has 0 aromatic carbocycles. The van der Waals surface area contributed by atoms with Gasteiger partial charge in [0.05, 0.1) is 23.2 Å². The number of halogens is 2. The molecule has 1 aromatic rings. The Morgan fingerprint density at radius 2 is 2.44 bits per heavy atom. The molecule has 2 heterocycles. The number of aromatic nitrogens is 2. The van der Waals surface area contributed by atoms with Crippen molar-refractivity contribution in [2.45, 2.75) is 19.1 Å². The van der Waals surface area contributed by atoms with Crippen molar-refractivity contribution in [3.05, 3.63) is 17.0 Å². The van der Waals surface area contributed by atoms with Crippen LogP contribution in [0.2, 0.25) is 0 Å². The van der Waals surface area contributed by atoms with Crippen LogP contribution in [0.3, 0.4) is 0 Å². The van der Waals surface area contributed by atoms with E-state index in [-0.39, 0.29) is 6.10 Å². The molecule has 0 bridgehead atoms. The molecule has 16 heavy (non-hydrogen) atoms. The van der Waals surface area contributed by atoms with Gasteiger partial charge in [-0.05, 0) is 22.9 Å². The lowest BCUT2D eigenvalue weighted by Gasteiger charge is -2.38. The lowest BCUT2D eigenvalue weighted by Crippen LogP contribution is -2.49. The van der Waals surface area contributed by atoms with Crippen molar-refractivity contribution in [1.29, 1.82) is 0 Å². The maximum Gasteiger partial charge on any atom is 0.146 e. The molecule has 1 saturated heterocycles. The zero-order chi connectivity index (χ0) is 11.5. The lowest BCUT2D eigenvalue weighted by atomic mass is 10.2. The maximum absolute atomic E-state index is 5.68. The molecule has 1 aromatic heterocycles. The number of morpholine rings is 1. The van der Waals surface area contributed by atoms with Gasteiger partial charge in [0.15, 0.2) is 0 Å². The molecule has 2 rings (SSSR count). The fourth-order valence-electron chi connectivity index (χ4n) is 1.72. The Balaban J connectivity index is 2.21. The van der Waals surface area contributed by atoms with Crippen molar-refractivity contribution in [1.82, 2.24) is 9.97 Å². The van der Waals surface area contributed by atoms with Crippen molar-refractivity contribution in [2.75, 3.05) is 23.4 Å². The highest BCUT2D eigenvalue weighted by molar-refractivity contribution is 9.10. The monoisotopic (exact) mass is 349 g/mol. The first-order chi connectivity index (χ1) is 7.72. The molecular weight excluding hydrogens is 338 g/mol. The smallest absolute Gasteiger partial charge is 0.146 e. The van der Waals surface area contributed by atoms with Gasteiger partial charge in [0, 0.05) is 18.1 Å². The first-order valence-electron chi connectivity index (χ1n) is 5.12. The third kappa shape index (κ3) is 2.55. The fraction of sp³-hybridized carbons (Fsp3) is 0.600. The normalized spacial score (nSPS) is 25.8. The van der Waals surface area contributed by atoms with Gasteiger partial charge in [-0.15, -0.1) is 0 Å². The second-order valence-electron chi connectivity index (χ2n) is 3.81. The molecule has 1 fully saturated rings. The summed E-state index contributed by atoms with van der Waals surface area (Å²) < 4.78 is 6.61. The molecule has 1 aliphatic heterocycles. The molecule has 4 nitrogen and oxygen atoms in total. The van der Waals surface area contributed by atoms with Crippen molar-refractivity contribution in [3.8, 4) is 0 Å². The summed E-state index contributed by atoms with van der Waals surface area (Å²) in [6.07, 6.45) is 3.57. The van der Waals surface area contributed by atoms with E-state index >= 15 is 0 Å². The molecule has 88 valence electrons. The highest BCUT2D eigenvalue weighted by atomic mass is 79.9. The van der Waals surface area contributed by atoms with Crippen LogP contribution in [0.25, 0.3) is 0 Å². The first kappa shape index (κ1) is 12.3. The van der Waals surface area contributed by atoms with E-state index in [0.717, 1.165) is 28.8 Å². The van der Waals surface area contributed by atoms with E-state index in [1.165, 1.54) is 0 Å². The van der Waals surface area contributed by atoms with Crippen LogP contribution in [-0.2, 0) is 4.74 Å². The zero-order valence-electron chi connectivity index (χ0n) is 8.94. The number of hydrogen-bond acceptors (Lipinski definition) is 4. The number of rotatable bonds is 2. The van der Waals surface area contributed by atoms with Gasteiger partial charge in [-0.25, -0.2) is 9.97 Å². The molecule has 0 saturated carbocycles. The van der Waals surface area contributed by atoms with E-state index in [0.29, 0.717) is 6.04 Å². The van der Waals surface area contributed by atoms with Crippen LogP contribution in [0.1, 0.15) is 6.92 Å². The lowest BCUT2D eigenvalue weighted by molar-refractivity contribution is 0.0376. The summed E-state index contributed by atoms with van der Waals surface area (Å²) in [4.78, 5) is 10.5. The van der Waals surface area contributed by atoms with Gasteiger partial charge < -0.3 is 9.64 Å². The van der Waals surface area contributed by atoms with Crippen LogP contribution in [0.5, 0.6) is 0 Å². The van der Waals surface area contributed by atoms with E-state index in [1.54, 1.807) is 12.5 Å². The Morgan fingerprint density at radius 3 is 3.12 bits per heavy atom. The third-order valence-electron chi connectivity index (χ3n) is 2.60. The molecular formula is C10H13Br2N3O. The molecule has 2 unspecified atom stereocenters. The second kappa shape index (κ2) is 5.42. The summed E-state index contributed by atoms with van der Waals surface area (Å²) in [7, 11) is 0. The SMILES string of the molecule is CC1COC(CBr)CN1c1ncncc1Br. The van der Waals surface area contributed by atoms with Gasteiger partial charge in [0.2, 0.25) is 0 Å². The summed E-state index contributed by atoms with van der Waals surface area (Å²) >= 11 is 6.94. The summed E-state index contributed by atoms with van der Waals surface area (Å²) in [5.74, 6) is 0.941. The highest BCUT2D eigenvalue weighted by Crippen LogP contribution is 2.26. The average Bonchev–Trinajstić information content (AvgIpc) is 2.31. The Hall–Kier alpha value is -0.200. The minimum absolute atomic E-state index is 0.220. The predicted octanol–water partition coefficient (Wildman–Crippen LogP) is 2.23. The van der Waals surface area contributed by atoms with E-state index in [9.17, 15) is 0 Å². The Labute approximate surface area is 112 Å².